The van der Waals surface area contributed by atoms with E-state index in [4.69, 9.17) is 15.5 Å². The van der Waals surface area contributed by atoms with Gasteiger partial charge in [-0.1, -0.05) is 6.42 Å². The Morgan fingerprint density at radius 3 is 2.72 bits per heavy atom. The van der Waals surface area contributed by atoms with E-state index in [-0.39, 0.29) is 24.9 Å². The van der Waals surface area contributed by atoms with Crippen molar-refractivity contribution in [3.05, 3.63) is 30.0 Å². The second-order valence-electron chi connectivity index (χ2n) is 10.3. The third kappa shape index (κ3) is 3.66. The molecule has 1 amide bonds. The van der Waals surface area contributed by atoms with Crippen molar-refractivity contribution in [2.24, 2.45) is 25.7 Å². The number of carbonyl (C=O) groups excluding carboxylic acids is 1. The Balaban J connectivity index is 1.45. The number of aryl methyl sites for hydroxylation is 2. The van der Waals surface area contributed by atoms with E-state index in [2.05, 4.69) is 15.7 Å². The molecule has 0 bridgehead atoms. The zero-order chi connectivity index (χ0) is 25.1. The number of carbonyl (C=O) groups is 1. The van der Waals surface area contributed by atoms with Crippen LogP contribution < -0.4 is 10.5 Å². The second-order valence-corrected chi connectivity index (χ2v) is 10.3. The average Bonchev–Trinajstić information content (AvgIpc) is 3.47. The molecule has 0 radical (unpaired) electrons. The summed E-state index contributed by atoms with van der Waals surface area (Å²) in [6.07, 6.45) is 4.80. The van der Waals surface area contributed by atoms with Crippen molar-refractivity contribution < 1.29 is 13.9 Å². The zero-order valence-electron chi connectivity index (χ0n) is 20.9. The van der Waals surface area contributed by atoms with Gasteiger partial charge in [0.15, 0.2) is 5.82 Å². The molecule has 190 valence electrons. The number of hydrogen-bond donors (Lipinski definition) is 1. The number of piperidine rings is 1. The van der Waals surface area contributed by atoms with Gasteiger partial charge in [0, 0.05) is 44.2 Å². The molecule has 1 aliphatic carbocycles. The highest BCUT2D eigenvalue weighted by molar-refractivity contribution is 6.00. The van der Waals surface area contributed by atoms with E-state index in [1.165, 1.54) is 24.2 Å². The van der Waals surface area contributed by atoms with Gasteiger partial charge in [0.25, 0.3) is 5.91 Å². The van der Waals surface area contributed by atoms with Crippen LogP contribution in [0.1, 0.15) is 36.0 Å². The van der Waals surface area contributed by atoms with Gasteiger partial charge < -0.3 is 24.5 Å². The first-order chi connectivity index (χ1) is 17.3. The first kappa shape index (κ1) is 23.0. The van der Waals surface area contributed by atoms with Gasteiger partial charge in [0.1, 0.15) is 23.1 Å². The molecule has 1 saturated heterocycles. The SMILES string of the molecule is COc1cc(C(=O)N2C[C@H](N)C[C@@H](F)C2)cc2nc(-c3cc4cnn(C)c4n3CC3CCC3)n(C)c12. The van der Waals surface area contributed by atoms with Crippen molar-refractivity contribution in [1.29, 1.82) is 0 Å². The summed E-state index contributed by atoms with van der Waals surface area (Å²) >= 11 is 0. The lowest BCUT2D eigenvalue weighted by Crippen LogP contribution is -2.50. The summed E-state index contributed by atoms with van der Waals surface area (Å²) in [6.45, 7) is 1.31. The minimum Gasteiger partial charge on any atom is -0.494 e. The maximum absolute atomic E-state index is 14.1. The molecule has 1 aliphatic heterocycles. The normalized spacial score (nSPS) is 20.9. The van der Waals surface area contributed by atoms with Gasteiger partial charge >= 0.3 is 0 Å². The first-order valence-electron chi connectivity index (χ1n) is 12.6. The van der Waals surface area contributed by atoms with Gasteiger partial charge in [0.05, 0.1) is 31.1 Å². The molecule has 10 heteroatoms. The van der Waals surface area contributed by atoms with Crippen LogP contribution in [-0.4, -0.2) is 67.1 Å². The third-order valence-corrected chi connectivity index (χ3v) is 7.79. The first-order valence-corrected chi connectivity index (χ1v) is 12.6. The maximum Gasteiger partial charge on any atom is 0.254 e. The number of imidazole rings is 1. The fourth-order valence-electron chi connectivity index (χ4n) is 5.76. The number of amides is 1. The Hall–Kier alpha value is -3.40. The minimum atomic E-state index is -1.11. The molecule has 6 rings (SSSR count). The van der Waals surface area contributed by atoms with Gasteiger partial charge in [-0.05, 0) is 43.4 Å². The molecule has 2 fully saturated rings. The number of likely N-dealkylation sites (tertiary alicyclic amines) is 1. The van der Waals surface area contributed by atoms with Crippen molar-refractivity contribution >= 4 is 28.0 Å². The number of benzene rings is 1. The smallest absolute Gasteiger partial charge is 0.254 e. The molecule has 1 saturated carbocycles. The van der Waals surface area contributed by atoms with Crippen LogP contribution in [0.3, 0.4) is 0 Å². The summed E-state index contributed by atoms with van der Waals surface area (Å²) in [7, 11) is 5.52. The van der Waals surface area contributed by atoms with Gasteiger partial charge in [-0.15, -0.1) is 0 Å². The summed E-state index contributed by atoms with van der Waals surface area (Å²) in [5.41, 5.74) is 9.96. The third-order valence-electron chi connectivity index (χ3n) is 7.79. The summed E-state index contributed by atoms with van der Waals surface area (Å²) in [4.78, 5) is 19.8. The predicted octanol–water partition coefficient (Wildman–Crippen LogP) is 3.25. The summed E-state index contributed by atoms with van der Waals surface area (Å²) in [5.74, 6) is 1.74. The van der Waals surface area contributed by atoms with Crippen molar-refractivity contribution in [2.45, 2.75) is 44.4 Å². The van der Waals surface area contributed by atoms with Crippen LogP contribution in [0.4, 0.5) is 4.39 Å². The number of ether oxygens (including phenoxy) is 1. The molecule has 4 heterocycles. The van der Waals surface area contributed by atoms with Crippen LogP contribution in [0.2, 0.25) is 0 Å². The molecular weight excluding hydrogens is 461 g/mol. The van der Waals surface area contributed by atoms with Crippen LogP contribution in [0.5, 0.6) is 5.75 Å². The lowest BCUT2D eigenvalue weighted by molar-refractivity contribution is 0.0606. The number of fused-ring (bicyclic) bond motifs is 2. The fourth-order valence-corrected chi connectivity index (χ4v) is 5.76. The molecule has 2 atom stereocenters. The molecular formula is C26H32FN7O2. The van der Waals surface area contributed by atoms with Gasteiger partial charge in [-0.2, -0.15) is 5.10 Å². The van der Waals surface area contributed by atoms with E-state index >= 15 is 0 Å². The topological polar surface area (TPSA) is 96.1 Å². The Bertz CT molecular complexity index is 1450. The van der Waals surface area contributed by atoms with Crippen molar-refractivity contribution in [3.8, 4) is 17.3 Å². The average molecular weight is 494 g/mol. The largest absolute Gasteiger partial charge is 0.494 e. The number of hydrogen-bond acceptors (Lipinski definition) is 5. The highest BCUT2D eigenvalue weighted by Gasteiger charge is 2.30. The van der Waals surface area contributed by atoms with Gasteiger partial charge in [-0.25, -0.2) is 9.37 Å². The van der Waals surface area contributed by atoms with Crippen molar-refractivity contribution in [3.63, 3.8) is 0 Å². The highest BCUT2D eigenvalue weighted by Crippen LogP contribution is 2.37. The van der Waals surface area contributed by atoms with E-state index in [9.17, 15) is 9.18 Å². The van der Waals surface area contributed by atoms with Crippen LogP contribution in [-0.2, 0) is 20.6 Å². The Kier molecular flexibility index (Phi) is 5.51. The Morgan fingerprint density at radius 2 is 2.03 bits per heavy atom. The lowest BCUT2D eigenvalue weighted by Gasteiger charge is -2.33. The van der Waals surface area contributed by atoms with Crippen molar-refractivity contribution in [2.75, 3.05) is 20.2 Å². The summed E-state index contributed by atoms with van der Waals surface area (Å²) < 4.78 is 26.1. The van der Waals surface area contributed by atoms with Crippen LogP contribution in [0.25, 0.3) is 33.6 Å². The Morgan fingerprint density at radius 1 is 1.22 bits per heavy atom. The molecule has 3 aromatic heterocycles. The summed E-state index contributed by atoms with van der Waals surface area (Å²) in [6, 6.07) is 5.27. The molecule has 4 aromatic rings. The van der Waals surface area contributed by atoms with E-state index in [0.29, 0.717) is 29.3 Å². The number of nitrogens with two attached hydrogens (primary N) is 1. The van der Waals surface area contributed by atoms with E-state index < -0.39 is 6.17 Å². The monoisotopic (exact) mass is 493 g/mol. The number of nitrogens with zero attached hydrogens (tertiary/aromatic N) is 6. The van der Waals surface area contributed by atoms with Gasteiger partial charge in [0.2, 0.25) is 0 Å². The van der Waals surface area contributed by atoms with Gasteiger partial charge in [-0.3, -0.25) is 9.48 Å². The zero-order valence-corrected chi connectivity index (χ0v) is 20.9. The molecule has 36 heavy (non-hydrogen) atoms. The number of methoxy groups -OCH3 is 1. The molecule has 0 spiro atoms. The molecule has 9 nitrogen and oxygen atoms in total. The number of halogens is 1. The van der Waals surface area contributed by atoms with E-state index in [1.807, 2.05) is 29.5 Å². The van der Waals surface area contributed by atoms with E-state index in [1.54, 1.807) is 19.2 Å². The Labute approximate surface area is 208 Å². The number of alkyl halides is 1. The number of aromatic nitrogens is 5. The number of rotatable bonds is 5. The molecule has 1 aromatic carbocycles. The molecule has 2 N–H and O–H groups in total. The molecule has 2 aliphatic rings. The quantitative estimate of drug-likeness (QED) is 0.461. The summed E-state index contributed by atoms with van der Waals surface area (Å²) in [5, 5.41) is 5.52. The predicted molar refractivity (Wildman–Crippen MR) is 136 cm³/mol. The standard InChI is InChI=1S/C26H32FN7O2/c1-31-23-20(7-16(9-22(23)36-3)26(35)33-13-18(27)10-19(28)14-33)30-24(31)21-8-17-11-29-32(2)25(17)34(21)12-15-5-4-6-15/h7-9,11,15,18-19H,4-6,10,12-14,28H2,1-3H3/t18-,19-/m1/s1. The van der Waals surface area contributed by atoms with Crippen LogP contribution >= 0.6 is 0 Å². The fraction of sp³-hybridized carbons (Fsp3) is 0.500. The highest BCUT2D eigenvalue weighted by atomic mass is 19.1. The second kappa shape index (κ2) is 8.62. The van der Waals surface area contributed by atoms with Crippen LogP contribution in [0.15, 0.2) is 24.4 Å². The van der Waals surface area contributed by atoms with Crippen LogP contribution in [0, 0.1) is 5.92 Å². The van der Waals surface area contributed by atoms with E-state index in [0.717, 1.165) is 34.6 Å². The molecule has 0 unspecified atom stereocenters. The van der Waals surface area contributed by atoms with Crippen molar-refractivity contribution in [1.82, 2.24) is 28.8 Å². The minimum absolute atomic E-state index is 0.0513. The lowest BCUT2D eigenvalue weighted by atomic mass is 9.85. The maximum atomic E-state index is 14.1.